The number of benzene rings is 2. The molecule has 0 aliphatic carbocycles. The smallest absolute Gasteiger partial charge is 0.419 e. The Balaban J connectivity index is 1.77. The molecule has 1 aliphatic heterocycles. The Morgan fingerprint density at radius 2 is 1.73 bits per heavy atom. The average Bonchev–Trinajstić information content (AvgIpc) is 2.96. The molecule has 0 bridgehead atoms. The van der Waals surface area contributed by atoms with Crippen molar-refractivity contribution in [2.75, 3.05) is 5.32 Å². The SMILES string of the molecule is CC1=CC(Oc2ccccc2C(F)(F)F)=IN1C(=O)Nc1ccccc1. The fraction of sp³-hybridized carbons (Fsp3) is 0.111. The first kappa shape index (κ1) is 18.4. The Morgan fingerprint density at radius 3 is 2.42 bits per heavy atom. The first-order valence-corrected chi connectivity index (χ1v) is 9.59. The Morgan fingerprint density at radius 1 is 1.08 bits per heavy atom. The maximum atomic E-state index is 13.1. The summed E-state index contributed by atoms with van der Waals surface area (Å²) in [6.07, 6.45) is -2.90. The van der Waals surface area contributed by atoms with E-state index < -0.39 is 32.7 Å². The van der Waals surface area contributed by atoms with Gasteiger partial charge in [-0.1, -0.05) is 30.3 Å². The fourth-order valence-corrected chi connectivity index (χ4v) is 4.49. The number of hydrogen-bond acceptors (Lipinski definition) is 2. The van der Waals surface area contributed by atoms with Gasteiger partial charge in [-0.05, 0) is 31.2 Å². The van der Waals surface area contributed by atoms with Crippen molar-refractivity contribution >= 4 is 36.4 Å². The van der Waals surface area contributed by atoms with Crippen molar-refractivity contribution in [3.8, 4) is 5.75 Å². The normalized spacial score (nSPS) is 14.2. The zero-order valence-corrected chi connectivity index (χ0v) is 15.7. The summed E-state index contributed by atoms with van der Waals surface area (Å²) >= 11 is -1.09. The van der Waals surface area contributed by atoms with Crippen molar-refractivity contribution in [3.05, 3.63) is 71.9 Å². The topological polar surface area (TPSA) is 41.6 Å². The van der Waals surface area contributed by atoms with Gasteiger partial charge in [-0.15, -0.1) is 0 Å². The predicted octanol–water partition coefficient (Wildman–Crippen LogP) is 5.55. The molecule has 1 N–H and O–H groups in total. The van der Waals surface area contributed by atoms with Gasteiger partial charge in [0.2, 0.25) is 0 Å². The number of rotatable bonds is 3. The molecule has 0 radical (unpaired) electrons. The van der Waals surface area contributed by atoms with Crippen LogP contribution in [0.5, 0.6) is 5.75 Å². The molecule has 0 atom stereocenters. The van der Waals surface area contributed by atoms with E-state index in [1.807, 2.05) is 6.07 Å². The van der Waals surface area contributed by atoms with E-state index in [1.54, 1.807) is 37.3 Å². The number of anilines is 1. The van der Waals surface area contributed by atoms with Gasteiger partial charge in [-0.2, -0.15) is 13.2 Å². The summed E-state index contributed by atoms with van der Waals surface area (Å²) in [7, 11) is 0. The molecule has 0 aromatic heterocycles. The van der Waals surface area contributed by atoms with Crippen LogP contribution in [0.25, 0.3) is 0 Å². The molecular formula is C18H14F3IN2O2. The van der Waals surface area contributed by atoms with Gasteiger partial charge in [0.15, 0.2) is 3.69 Å². The fourth-order valence-electron chi connectivity index (χ4n) is 2.23. The Kier molecular flexibility index (Phi) is 5.30. The summed E-state index contributed by atoms with van der Waals surface area (Å²) in [5, 5.41) is 2.76. The van der Waals surface area contributed by atoms with E-state index in [1.165, 1.54) is 21.3 Å². The van der Waals surface area contributed by atoms with Crippen molar-refractivity contribution in [2.24, 2.45) is 0 Å². The standard InChI is InChI=1S/C18H14F3IN2O2/c1-12-11-16(26-15-10-6-5-9-14(15)18(19,20)21)22-24(12)17(25)23-13-7-3-2-4-8-13/h2-11H,1H3,(H,23,25). The molecule has 4 nitrogen and oxygen atoms in total. The van der Waals surface area contributed by atoms with E-state index in [4.69, 9.17) is 4.74 Å². The summed E-state index contributed by atoms with van der Waals surface area (Å²) < 4.78 is 46.6. The van der Waals surface area contributed by atoms with Gasteiger partial charge in [-0.25, -0.2) is 7.91 Å². The van der Waals surface area contributed by atoms with Gasteiger partial charge in [0.25, 0.3) is 0 Å². The minimum Gasteiger partial charge on any atom is -0.449 e. The Labute approximate surface area is 158 Å². The van der Waals surface area contributed by atoms with Crippen LogP contribution in [0.15, 0.2) is 66.4 Å². The first-order valence-electron chi connectivity index (χ1n) is 7.55. The second kappa shape index (κ2) is 7.48. The molecule has 0 fully saturated rings. The van der Waals surface area contributed by atoms with Crippen LogP contribution in [0.3, 0.4) is 0 Å². The molecule has 2 aromatic rings. The van der Waals surface area contributed by atoms with E-state index >= 15 is 0 Å². The van der Waals surface area contributed by atoms with Gasteiger partial charge in [-0.3, -0.25) is 0 Å². The highest BCUT2D eigenvalue weighted by molar-refractivity contribution is 14.2. The van der Waals surface area contributed by atoms with E-state index in [2.05, 4.69) is 5.32 Å². The Hall–Kier alpha value is -2.36. The molecule has 2 aromatic carbocycles. The third kappa shape index (κ3) is 4.24. The second-order valence-electron chi connectivity index (χ2n) is 5.35. The summed E-state index contributed by atoms with van der Waals surface area (Å²) in [6, 6.07) is 13.6. The molecule has 8 heteroatoms. The zero-order chi connectivity index (χ0) is 18.7. The molecular weight excluding hydrogens is 460 g/mol. The van der Waals surface area contributed by atoms with Crippen molar-refractivity contribution in [3.63, 3.8) is 0 Å². The van der Waals surface area contributed by atoms with Crippen LogP contribution in [0.4, 0.5) is 23.7 Å². The summed E-state index contributed by atoms with van der Waals surface area (Å²) in [4.78, 5) is 12.4. The molecule has 1 aliphatic rings. The summed E-state index contributed by atoms with van der Waals surface area (Å²) in [5.41, 5.74) is 0.437. The largest absolute Gasteiger partial charge is 0.449 e. The van der Waals surface area contributed by atoms with Gasteiger partial charge in [0, 0.05) is 17.5 Å². The summed E-state index contributed by atoms with van der Waals surface area (Å²) in [5.74, 6) is -0.260. The monoisotopic (exact) mass is 474 g/mol. The van der Waals surface area contributed by atoms with E-state index in [-0.39, 0.29) is 11.8 Å². The minimum absolute atomic E-state index is 0.260. The number of amides is 2. The summed E-state index contributed by atoms with van der Waals surface area (Å²) in [6.45, 7) is 1.72. The van der Waals surface area contributed by atoms with Gasteiger partial charge < -0.3 is 10.1 Å². The number of nitrogens with zero attached hydrogens (tertiary/aromatic N) is 1. The van der Waals surface area contributed by atoms with Gasteiger partial charge in [0.1, 0.15) is 5.75 Å². The molecule has 0 saturated carbocycles. The maximum absolute atomic E-state index is 13.1. The highest BCUT2D eigenvalue weighted by Gasteiger charge is 2.34. The number of urea groups is 1. The number of halogens is 4. The molecule has 26 heavy (non-hydrogen) atoms. The van der Waals surface area contributed by atoms with Crippen LogP contribution in [-0.4, -0.2) is 12.8 Å². The number of allylic oxidation sites excluding steroid dienone is 1. The highest BCUT2D eigenvalue weighted by atomic mass is 127. The van der Waals surface area contributed by atoms with Crippen molar-refractivity contribution in [2.45, 2.75) is 13.1 Å². The minimum atomic E-state index is -4.50. The third-order valence-electron chi connectivity index (χ3n) is 3.40. The third-order valence-corrected chi connectivity index (χ3v) is 6.09. The lowest BCUT2D eigenvalue weighted by atomic mass is 10.2. The quantitative estimate of drug-likeness (QED) is 0.468. The molecule has 136 valence electrons. The second-order valence-corrected chi connectivity index (χ2v) is 7.86. The molecule has 1 heterocycles. The number of nitrogens with one attached hydrogen (secondary N) is 1. The number of carbonyl (C=O) groups is 1. The van der Waals surface area contributed by atoms with Crippen molar-refractivity contribution in [1.82, 2.24) is 3.11 Å². The number of para-hydroxylation sites is 2. The van der Waals surface area contributed by atoms with E-state index in [0.29, 0.717) is 15.1 Å². The number of ether oxygens (including phenoxy) is 1. The number of hydrogen-bond donors (Lipinski definition) is 1. The Bertz CT molecular complexity index is 880. The zero-order valence-electron chi connectivity index (χ0n) is 13.5. The number of alkyl halides is 3. The van der Waals surface area contributed by atoms with Crippen LogP contribution in [0.1, 0.15) is 12.5 Å². The molecule has 0 spiro atoms. The lowest BCUT2D eigenvalue weighted by Gasteiger charge is -2.15. The van der Waals surface area contributed by atoms with Gasteiger partial charge in [0.05, 0.1) is 26.6 Å². The molecule has 2 amide bonds. The maximum Gasteiger partial charge on any atom is 0.419 e. The van der Waals surface area contributed by atoms with Crippen LogP contribution in [0, 0.1) is 0 Å². The van der Waals surface area contributed by atoms with Crippen LogP contribution < -0.4 is 10.1 Å². The highest BCUT2D eigenvalue weighted by Crippen LogP contribution is 2.37. The molecule has 3 rings (SSSR count). The van der Waals surface area contributed by atoms with Gasteiger partial charge >= 0.3 is 12.2 Å². The van der Waals surface area contributed by atoms with Crippen molar-refractivity contribution in [1.29, 1.82) is 0 Å². The van der Waals surface area contributed by atoms with Crippen LogP contribution >= 0.6 is 21.0 Å². The lowest BCUT2D eigenvalue weighted by molar-refractivity contribution is -0.138. The van der Waals surface area contributed by atoms with E-state index in [0.717, 1.165) is 6.07 Å². The molecule has 0 saturated heterocycles. The number of carbonyl (C=O) groups excluding carboxylic acids is 1. The predicted molar refractivity (Wildman–Crippen MR) is 102 cm³/mol. The van der Waals surface area contributed by atoms with Crippen molar-refractivity contribution < 1.29 is 22.7 Å². The molecule has 0 unspecified atom stereocenters. The lowest BCUT2D eigenvalue weighted by Crippen LogP contribution is -2.24. The first-order chi connectivity index (χ1) is 12.3. The average molecular weight is 474 g/mol. The van der Waals surface area contributed by atoms with Crippen LogP contribution in [-0.2, 0) is 6.18 Å². The van der Waals surface area contributed by atoms with Crippen LogP contribution in [0.2, 0.25) is 0 Å². The van der Waals surface area contributed by atoms with E-state index in [9.17, 15) is 18.0 Å².